The second-order valence-electron chi connectivity index (χ2n) is 7.41. The van der Waals surface area contributed by atoms with Crippen molar-refractivity contribution in [3.8, 4) is 11.8 Å². The lowest BCUT2D eigenvalue weighted by atomic mass is 9.57. The van der Waals surface area contributed by atoms with Crippen LogP contribution in [0, 0.1) is 29.6 Å². The third-order valence-corrected chi connectivity index (χ3v) is 5.69. The molecule has 4 rings (SSSR count). The molecular weight excluding hydrogens is 332 g/mol. The first-order chi connectivity index (χ1) is 12.5. The van der Waals surface area contributed by atoms with E-state index >= 15 is 0 Å². The number of methoxy groups -OCH3 is 1. The molecule has 1 aliphatic heterocycles. The summed E-state index contributed by atoms with van der Waals surface area (Å²) in [5, 5.41) is 19.2. The van der Waals surface area contributed by atoms with Gasteiger partial charge in [-0.25, -0.2) is 5.48 Å². The van der Waals surface area contributed by atoms with Gasteiger partial charge in [0.1, 0.15) is 11.8 Å². The van der Waals surface area contributed by atoms with Gasteiger partial charge in [0.15, 0.2) is 0 Å². The number of anilines is 1. The van der Waals surface area contributed by atoms with Gasteiger partial charge in [-0.15, -0.1) is 0 Å². The first-order valence-corrected chi connectivity index (χ1v) is 8.56. The van der Waals surface area contributed by atoms with Crippen molar-refractivity contribution in [2.45, 2.75) is 19.8 Å². The summed E-state index contributed by atoms with van der Waals surface area (Å²) < 4.78 is 5.44. The molecule has 1 spiro atoms. The van der Waals surface area contributed by atoms with Gasteiger partial charge in [0, 0.05) is 36.0 Å². The Morgan fingerprint density at radius 1 is 1.46 bits per heavy atom. The van der Waals surface area contributed by atoms with E-state index < -0.39 is 0 Å². The van der Waals surface area contributed by atoms with E-state index in [-0.39, 0.29) is 17.2 Å². The fourth-order valence-electron chi connectivity index (χ4n) is 4.39. The van der Waals surface area contributed by atoms with Crippen molar-refractivity contribution in [1.82, 2.24) is 10.5 Å². The number of carbonyl (C=O) groups excluding carboxylic acids is 1. The van der Waals surface area contributed by atoms with Crippen LogP contribution in [-0.4, -0.2) is 36.3 Å². The molecule has 2 N–H and O–H groups in total. The van der Waals surface area contributed by atoms with E-state index in [1.54, 1.807) is 18.8 Å². The fraction of sp³-hybridized carbons (Fsp3) is 0.421. The van der Waals surface area contributed by atoms with Gasteiger partial charge >= 0.3 is 0 Å². The number of aryl methyl sites for hydroxylation is 1. The number of fused-ring (bicyclic) bond motifs is 1. The zero-order valence-corrected chi connectivity index (χ0v) is 14.7. The van der Waals surface area contributed by atoms with Gasteiger partial charge in [0.05, 0.1) is 23.9 Å². The highest BCUT2D eigenvalue weighted by atomic mass is 16.5. The van der Waals surface area contributed by atoms with Crippen molar-refractivity contribution >= 4 is 22.5 Å². The van der Waals surface area contributed by atoms with Crippen molar-refractivity contribution in [2.24, 2.45) is 11.3 Å². The van der Waals surface area contributed by atoms with Crippen LogP contribution in [0.15, 0.2) is 18.3 Å². The summed E-state index contributed by atoms with van der Waals surface area (Å²) in [7, 11) is 1.63. The molecular formula is C19H20N4O3. The largest absolute Gasteiger partial charge is 0.496 e. The lowest BCUT2D eigenvalue weighted by Crippen LogP contribution is -2.64. The maximum absolute atomic E-state index is 11.5. The van der Waals surface area contributed by atoms with Crippen LogP contribution >= 0.6 is 0 Å². The third-order valence-electron chi connectivity index (χ3n) is 5.69. The molecule has 26 heavy (non-hydrogen) atoms. The lowest BCUT2D eigenvalue weighted by Gasteiger charge is -2.59. The molecule has 1 aromatic carbocycles. The number of nitrogens with one attached hydrogen (secondary N) is 1. The summed E-state index contributed by atoms with van der Waals surface area (Å²) in [6.07, 6.45) is 3.16. The zero-order valence-electron chi connectivity index (χ0n) is 14.7. The molecule has 2 aromatic rings. The second-order valence-corrected chi connectivity index (χ2v) is 7.41. The molecule has 2 heterocycles. The number of hydrogen-bond acceptors (Lipinski definition) is 6. The van der Waals surface area contributed by atoms with Crippen molar-refractivity contribution in [1.29, 1.82) is 5.26 Å². The minimum Gasteiger partial charge on any atom is -0.496 e. The van der Waals surface area contributed by atoms with E-state index in [1.807, 2.05) is 19.1 Å². The minimum absolute atomic E-state index is 0.105. The van der Waals surface area contributed by atoms with Crippen molar-refractivity contribution in [3.63, 3.8) is 0 Å². The molecule has 7 nitrogen and oxygen atoms in total. The van der Waals surface area contributed by atoms with Crippen molar-refractivity contribution in [2.75, 3.05) is 25.1 Å². The summed E-state index contributed by atoms with van der Waals surface area (Å²) in [5.74, 6) is 0.352. The number of rotatable bonds is 3. The average Bonchev–Trinajstić information content (AvgIpc) is 2.58. The van der Waals surface area contributed by atoms with Crippen LogP contribution in [0.1, 0.15) is 24.0 Å². The van der Waals surface area contributed by atoms with Crippen LogP contribution in [0.2, 0.25) is 0 Å². The van der Waals surface area contributed by atoms with Crippen LogP contribution < -0.4 is 15.1 Å². The normalized spacial score (nSPS) is 18.2. The molecule has 0 unspecified atom stereocenters. The summed E-state index contributed by atoms with van der Waals surface area (Å²) >= 11 is 0. The Morgan fingerprint density at radius 2 is 2.19 bits per heavy atom. The van der Waals surface area contributed by atoms with Gasteiger partial charge in [0.2, 0.25) is 5.91 Å². The number of carbonyl (C=O) groups is 1. The number of benzene rings is 1. The summed E-state index contributed by atoms with van der Waals surface area (Å²) in [6, 6.07) is 6.16. The van der Waals surface area contributed by atoms with Crippen LogP contribution in [0.3, 0.4) is 0 Å². The average molecular weight is 352 g/mol. The monoisotopic (exact) mass is 352 g/mol. The van der Waals surface area contributed by atoms with Crippen LogP contribution in [0.25, 0.3) is 10.9 Å². The highest BCUT2D eigenvalue weighted by molar-refractivity contribution is 5.96. The molecule has 2 aliphatic rings. The maximum Gasteiger partial charge on any atom is 0.246 e. The fourth-order valence-corrected chi connectivity index (χ4v) is 4.39. The van der Waals surface area contributed by atoms with Gasteiger partial charge in [-0.1, -0.05) is 0 Å². The highest BCUT2D eigenvalue weighted by Gasteiger charge is 2.54. The Labute approximate surface area is 151 Å². The van der Waals surface area contributed by atoms with E-state index in [4.69, 9.17) is 9.94 Å². The Hall–Kier alpha value is -2.85. The first-order valence-electron chi connectivity index (χ1n) is 8.56. The number of pyridine rings is 1. The molecule has 1 saturated carbocycles. The van der Waals surface area contributed by atoms with Gasteiger partial charge < -0.3 is 9.64 Å². The van der Waals surface area contributed by atoms with E-state index in [9.17, 15) is 10.1 Å². The predicted octanol–water partition coefficient (Wildman–Crippen LogP) is 2.15. The van der Waals surface area contributed by atoms with E-state index in [0.29, 0.717) is 5.56 Å². The smallest absolute Gasteiger partial charge is 0.246 e. The quantitative estimate of drug-likeness (QED) is 0.649. The SMILES string of the molecule is COc1cc2c(N3CC4(CC(C(=O)NO)C4)C3)c(C#N)cnc2cc1C. The van der Waals surface area contributed by atoms with Gasteiger partial charge in [0.25, 0.3) is 0 Å². The Kier molecular flexibility index (Phi) is 3.74. The maximum atomic E-state index is 11.5. The molecule has 7 heteroatoms. The Balaban J connectivity index is 1.65. The van der Waals surface area contributed by atoms with Gasteiger partial charge in [-0.2, -0.15) is 5.26 Å². The predicted molar refractivity (Wildman–Crippen MR) is 95.0 cm³/mol. The number of aromatic nitrogens is 1. The number of ether oxygens (including phenoxy) is 1. The Morgan fingerprint density at radius 3 is 2.81 bits per heavy atom. The van der Waals surface area contributed by atoms with Crippen molar-refractivity contribution < 1.29 is 14.7 Å². The molecule has 0 radical (unpaired) electrons. The topological polar surface area (TPSA) is 98.5 Å². The summed E-state index contributed by atoms with van der Waals surface area (Å²) in [5.41, 5.74) is 5.11. The number of hydrogen-bond donors (Lipinski definition) is 2. The zero-order chi connectivity index (χ0) is 18.5. The Bertz CT molecular complexity index is 936. The van der Waals surface area contributed by atoms with Crippen LogP contribution in [-0.2, 0) is 4.79 Å². The van der Waals surface area contributed by atoms with Crippen LogP contribution in [0.4, 0.5) is 5.69 Å². The molecule has 1 amide bonds. The van der Waals surface area contributed by atoms with Crippen molar-refractivity contribution in [3.05, 3.63) is 29.5 Å². The standard InChI is InChI=1S/C19H20N4O3/c1-11-3-15-14(4-16(11)26-2)17(13(7-20)8-21-15)23-9-19(10-23)5-12(6-19)18(24)22-25/h3-4,8,12,25H,5-6,9-10H2,1-2H3,(H,22,24). The second kappa shape index (κ2) is 5.85. The van der Waals surface area contributed by atoms with Gasteiger partial charge in [-0.3, -0.25) is 15.0 Å². The molecule has 1 aromatic heterocycles. The first kappa shape index (κ1) is 16.6. The van der Waals surface area contributed by atoms with Gasteiger partial charge in [-0.05, 0) is 37.5 Å². The lowest BCUT2D eigenvalue weighted by molar-refractivity contribution is -0.142. The molecule has 134 valence electrons. The number of nitriles is 1. The molecule has 1 saturated heterocycles. The molecule has 2 fully saturated rings. The number of hydroxylamine groups is 1. The van der Waals surface area contributed by atoms with E-state index in [1.165, 1.54) is 0 Å². The van der Waals surface area contributed by atoms with Crippen LogP contribution in [0.5, 0.6) is 5.75 Å². The molecule has 0 bridgehead atoms. The number of nitrogens with zero attached hydrogens (tertiary/aromatic N) is 3. The molecule has 1 aliphatic carbocycles. The third kappa shape index (κ3) is 2.37. The number of amides is 1. The highest BCUT2D eigenvalue weighted by Crippen LogP contribution is 2.54. The minimum atomic E-state index is -0.304. The summed E-state index contributed by atoms with van der Waals surface area (Å²) in [6.45, 7) is 3.57. The summed E-state index contributed by atoms with van der Waals surface area (Å²) in [4.78, 5) is 18.1. The van der Waals surface area contributed by atoms with E-state index in [0.717, 1.165) is 53.8 Å². The molecule has 0 atom stereocenters. The van der Waals surface area contributed by atoms with E-state index in [2.05, 4.69) is 16.0 Å².